The minimum atomic E-state index is -0.307. The van der Waals surface area contributed by atoms with Gasteiger partial charge in [-0.1, -0.05) is 30.3 Å². The Bertz CT molecular complexity index is 1120. The highest BCUT2D eigenvalue weighted by atomic mass is 19.1. The number of fused-ring (bicyclic) bond motifs is 1. The summed E-state index contributed by atoms with van der Waals surface area (Å²) >= 11 is 0. The smallest absolute Gasteiger partial charge is 0.271 e. The number of benzene rings is 2. The zero-order chi connectivity index (χ0) is 20.1. The molecule has 0 unspecified atom stereocenters. The highest BCUT2D eigenvalue weighted by Crippen LogP contribution is 2.23. The van der Waals surface area contributed by atoms with Crippen LogP contribution in [0.4, 0.5) is 15.9 Å². The summed E-state index contributed by atoms with van der Waals surface area (Å²) in [5.41, 5.74) is 2.82. The summed E-state index contributed by atoms with van der Waals surface area (Å²) in [4.78, 5) is 25.1. The molecule has 0 spiro atoms. The van der Waals surface area contributed by atoms with Crippen molar-refractivity contribution in [3.8, 4) is 0 Å². The van der Waals surface area contributed by atoms with Crippen molar-refractivity contribution in [2.45, 2.75) is 6.42 Å². The van der Waals surface area contributed by atoms with E-state index in [9.17, 15) is 9.18 Å². The Balaban J connectivity index is 1.37. The van der Waals surface area contributed by atoms with Gasteiger partial charge in [0.05, 0.1) is 23.6 Å². The number of nitrogens with one attached hydrogen (secondary N) is 2. The molecule has 0 saturated heterocycles. The summed E-state index contributed by atoms with van der Waals surface area (Å²) in [6.45, 7) is 0.424. The molecule has 0 aliphatic heterocycles. The Labute approximate surface area is 166 Å². The largest absolute Gasteiger partial charge is 0.350 e. The molecule has 29 heavy (non-hydrogen) atoms. The van der Waals surface area contributed by atoms with Gasteiger partial charge in [-0.2, -0.15) is 0 Å². The molecule has 6 nitrogen and oxygen atoms in total. The number of carbonyl (C=O) groups excluding carboxylic acids is 1. The van der Waals surface area contributed by atoms with Crippen molar-refractivity contribution >= 4 is 28.3 Å². The van der Waals surface area contributed by atoms with Crippen molar-refractivity contribution in [3.05, 3.63) is 90.3 Å². The first kappa shape index (κ1) is 18.5. The van der Waals surface area contributed by atoms with Crippen LogP contribution in [0.5, 0.6) is 0 Å². The number of pyridine rings is 1. The predicted molar refractivity (Wildman–Crippen MR) is 109 cm³/mol. The number of para-hydroxylation sites is 1. The molecule has 0 radical (unpaired) electrons. The first-order chi connectivity index (χ1) is 14.2. The van der Waals surface area contributed by atoms with E-state index in [0.29, 0.717) is 18.8 Å². The molecule has 0 aliphatic rings. The van der Waals surface area contributed by atoms with E-state index in [1.165, 1.54) is 24.5 Å². The standard InChI is InChI=1S/C22H18FN5O/c23-17-8-6-15(7-9-17)10-12-25-22(29)19-13-27-20(14-26-19)28-18-5-1-3-16-4-2-11-24-21(16)18/h1-9,11,13-14H,10,12H2,(H,25,29)(H,27,28). The predicted octanol–water partition coefficient (Wildman–Crippen LogP) is 3.88. The fourth-order valence-corrected chi connectivity index (χ4v) is 2.91. The topological polar surface area (TPSA) is 79.8 Å². The van der Waals surface area contributed by atoms with Crippen LogP contribution >= 0.6 is 0 Å². The lowest BCUT2D eigenvalue weighted by molar-refractivity contribution is 0.0949. The number of hydrogen-bond acceptors (Lipinski definition) is 5. The van der Waals surface area contributed by atoms with Crippen molar-refractivity contribution in [2.75, 3.05) is 11.9 Å². The maximum atomic E-state index is 12.9. The van der Waals surface area contributed by atoms with Crippen molar-refractivity contribution < 1.29 is 9.18 Å². The SMILES string of the molecule is O=C(NCCc1ccc(F)cc1)c1cnc(Nc2cccc3cccnc23)cn1. The van der Waals surface area contributed by atoms with Crippen LogP contribution in [0, 0.1) is 5.82 Å². The van der Waals surface area contributed by atoms with Crippen molar-refractivity contribution in [3.63, 3.8) is 0 Å². The molecule has 4 rings (SSSR count). The lowest BCUT2D eigenvalue weighted by atomic mass is 10.1. The monoisotopic (exact) mass is 387 g/mol. The lowest BCUT2D eigenvalue weighted by Gasteiger charge is -2.09. The first-order valence-electron chi connectivity index (χ1n) is 9.14. The van der Waals surface area contributed by atoms with E-state index in [-0.39, 0.29) is 17.4 Å². The van der Waals surface area contributed by atoms with Crippen LogP contribution in [0.2, 0.25) is 0 Å². The summed E-state index contributed by atoms with van der Waals surface area (Å²) in [5, 5.41) is 6.99. The molecule has 2 aromatic heterocycles. The van der Waals surface area contributed by atoms with Gasteiger partial charge in [0.25, 0.3) is 5.91 Å². The van der Waals surface area contributed by atoms with E-state index in [1.807, 2.05) is 30.3 Å². The molecule has 2 N–H and O–H groups in total. The number of anilines is 2. The summed E-state index contributed by atoms with van der Waals surface area (Å²) in [6, 6.07) is 15.9. The minimum absolute atomic E-state index is 0.228. The fraction of sp³-hybridized carbons (Fsp3) is 0.0909. The summed E-state index contributed by atoms with van der Waals surface area (Å²) in [5.74, 6) is -0.0648. The molecule has 7 heteroatoms. The van der Waals surface area contributed by atoms with Crippen molar-refractivity contribution in [2.24, 2.45) is 0 Å². The molecule has 0 aliphatic carbocycles. The normalized spacial score (nSPS) is 10.7. The molecule has 4 aromatic rings. The average molecular weight is 387 g/mol. The van der Waals surface area contributed by atoms with Gasteiger partial charge in [-0.25, -0.2) is 14.4 Å². The van der Waals surface area contributed by atoms with Crippen molar-refractivity contribution in [1.29, 1.82) is 0 Å². The highest BCUT2D eigenvalue weighted by molar-refractivity contribution is 5.93. The van der Waals surface area contributed by atoms with Gasteiger partial charge in [0.2, 0.25) is 0 Å². The molecule has 1 amide bonds. The second-order valence-electron chi connectivity index (χ2n) is 6.42. The molecule has 0 saturated carbocycles. The Morgan fingerprint density at radius 1 is 0.931 bits per heavy atom. The zero-order valence-electron chi connectivity index (χ0n) is 15.5. The van der Waals surface area contributed by atoms with Crippen LogP contribution in [0.3, 0.4) is 0 Å². The minimum Gasteiger partial charge on any atom is -0.350 e. The average Bonchev–Trinajstić information content (AvgIpc) is 2.76. The number of amides is 1. The molecular formula is C22H18FN5O. The quantitative estimate of drug-likeness (QED) is 0.525. The Morgan fingerprint density at radius 3 is 2.55 bits per heavy atom. The molecule has 0 bridgehead atoms. The van der Waals surface area contributed by atoms with E-state index < -0.39 is 0 Å². The van der Waals surface area contributed by atoms with Gasteiger partial charge < -0.3 is 10.6 Å². The van der Waals surface area contributed by atoms with E-state index >= 15 is 0 Å². The van der Waals surface area contributed by atoms with Crippen LogP contribution in [-0.4, -0.2) is 27.4 Å². The molecule has 0 atom stereocenters. The van der Waals surface area contributed by atoms with Gasteiger partial charge in [-0.05, 0) is 36.2 Å². The third-order valence-corrected chi connectivity index (χ3v) is 4.39. The highest BCUT2D eigenvalue weighted by Gasteiger charge is 2.09. The molecule has 0 fully saturated rings. The van der Waals surface area contributed by atoms with Crippen LogP contribution in [-0.2, 0) is 6.42 Å². The van der Waals surface area contributed by atoms with Crippen LogP contribution in [0.1, 0.15) is 16.1 Å². The molecular weight excluding hydrogens is 369 g/mol. The number of hydrogen-bond donors (Lipinski definition) is 2. The van der Waals surface area contributed by atoms with E-state index in [1.54, 1.807) is 18.3 Å². The molecule has 2 aromatic carbocycles. The third kappa shape index (κ3) is 4.52. The van der Waals surface area contributed by atoms with Crippen molar-refractivity contribution in [1.82, 2.24) is 20.3 Å². The fourth-order valence-electron chi connectivity index (χ4n) is 2.91. The first-order valence-corrected chi connectivity index (χ1v) is 9.14. The maximum absolute atomic E-state index is 12.9. The summed E-state index contributed by atoms with van der Waals surface area (Å²) in [6.07, 6.45) is 5.27. The summed E-state index contributed by atoms with van der Waals surface area (Å²) in [7, 11) is 0. The van der Waals surface area contributed by atoms with Gasteiger partial charge in [0.15, 0.2) is 0 Å². The number of carbonyl (C=O) groups is 1. The van der Waals surface area contributed by atoms with E-state index in [2.05, 4.69) is 25.6 Å². The number of aromatic nitrogens is 3. The Hall–Kier alpha value is -3.87. The molecule has 2 heterocycles. The second kappa shape index (κ2) is 8.43. The van der Waals surface area contributed by atoms with E-state index in [0.717, 1.165) is 22.2 Å². The summed E-state index contributed by atoms with van der Waals surface area (Å²) < 4.78 is 12.9. The van der Waals surface area contributed by atoms with Crippen LogP contribution in [0.25, 0.3) is 10.9 Å². The number of nitrogens with zero attached hydrogens (tertiary/aromatic N) is 3. The van der Waals surface area contributed by atoms with Crippen LogP contribution < -0.4 is 10.6 Å². The lowest BCUT2D eigenvalue weighted by Crippen LogP contribution is -2.26. The number of rotatable bonds is 6. The Kier molecular flexibility index (Phi) is 5.38. The maximum Gasteiger partial charge on any atom is 0.271 e. The second-order valence-corrected chi connectivity index (χ2v) is 6.42. The zero-order valence-corrected chi connectivity index (χ0v) is 15.5. The molecule has 144 valence electrons. The van der Waals surface area contributed by atoms with Gasteiger partial charge in [0, 0.05) is 18.1 Å². The number of halogens is 1. The van der Waals surface area contributed by atoms with Gasteiger partial charge >= 0.3 is 0 Å². The van der Waals surface area contributed by atoms with Gasteiger partial charge in [-0.15, -0.1) is 0 Å². The van der Waals surface area contributed by atoms with Gasteiger partial charge in [0.1, 0.15) is 17.3 Å². The van der Waals surface area contributed by atoms with Gasteiger partial charge in [-0.3, -0.25) is 9.78 Å². The van der Waals surface area contributed by atoms with E-state index in [4.69, 9.17) is 0 Å². The Morgan fingerprint density at radius 2 is 1.76 bits per heavy atom. The van der Waals surface area contributed by atoms with Crippen LogP contribution in [0.15, 0.2) is 73.2 Å². The third-order valence-electron chi connectivity index (χ3n) is 4.39.